The van der Waals surface area contributed by atoms with E-state index in [0.29, 0.717) is 30.3 Å². The second-order valence-corrected chi connectivity index (χ2v) is 7.88. The van der Waals surface area contributed by atoms with Gasteiger partial charge in [-0.1, -0.05) is 37.3 Å². The summed E-state index contributed by atoms with van der Waals surface area (Å²) < 4.78 is 0. The summed E-state index contributed by atoms with van der Waals surface area (Å²) in [5, 5.41) is 12.0. The molecule has 31 heavy (non-hydrogen) atoms. The predicted molar refractivity (Wildman–Crippen MR) is 122 cm³/mol. The lowest BCUT2D eigenvalue weighted by Crippen LogP contribution is -2.47. The fourth-order valence-corrected chi connectivity index (χ4v) is 4.11. The summed E-state index contributed by atoms with van der Waals surface area (Å²) >= 11 is 0. The summed E-state index contributed by atoms with van der Waals surface area (Å²) in [6, 6.07) is 18.9. The Morgan fingerprint density at radius 1 is 1.06 bits per heavy atom. The second kappa shape index (κ2) is 11.3. The van der Waals surface area contributed by atoms with Crippen molar-refractivity contribution in [3.8, 4) is 6.07 Å². The number of nitrogens with zero attached hydrogens (tertiary/aromatic N) is 3. The first-order valence-corrected chi connectivity index (χ1v) is 11.0. The van der Waals surface area contributed by atoms with Gasteiger partial charge in [-0.2, -0.15) is 5.26 Å². The Hall–Kier alpha value is -3.17. The van der Waals surface area contributed by atoms with E-state index in [1.54, 1.807) is 18.2 Å². The van der Waals surface area contributed by atoms with Crippen LogP contribution in [0.25, 0.3) is 0 Å². The van der Waals surface area contributed by atoms with Crippen LogP contribution in [0.3, 0.4) is 0 Å². The highest BCUT2D eigenvalue weighted by molar-refractivity contribution is 5.94. The number of hydrogen-bond donors (Lipinski definition) is 1. The number of carbonyl (C=O) groups is 2. The molecule has 2 aromatic carbocycles. The minimum Gasteiger partial charge on any atom is -0.339 e. The third kappa shape index (κ3) is 6.16. The van der Waals surface area contributed by atoms with Gasteiger partial charge >= 0.3 is 0 Å². The van der Waals surface area contributed by atoms with Crippen molar-refractivity contribution < 1.29 is 9.59 Å². The molecule has 2 amide bonds. The molecule has 0 bridgehead atoms. The molecule has 1 heterocycles. The number of nitrogens with one attached hydrogen (secondary N) is 1. The summed E-state index contributed by atoms with van der Waals surface area (Å²) in [6.45, 7) is 5.22. The van der Waals surface area contributed by atoms with E-state index in [9.17, 15) is 14.9 Å². The van der Waals surface area contributed by atoms with Crippen molar-refractivity contribution in [1.29, 1.82) is 5.26 Å². The van der Waals surface area contributed by atoms with Crippen LogP contribution in [0.1, 0.15) is 48.5 Å². The van der Waals surface area contributed by atoms with Gasteiger partial charge in [-0.05, 0) is 50.1 Å². The van der Waals surface area contributed by atoms with E-state index in [0.717, 1.165) is 44.5 Å². The van der Waals surface area contributed by atoms with E-state index < -0.39 is 0 Å². The molecular formula is C25H30N4O2. The highest BCUT2D eigenvalue weighted by Crippen LogP contribution is 2.20. The molecule has 1 fully saturated rings. The molecule has 0 spiro atoms. The van der Waals surface area contributed by atoms with Gasteiger partial charge in [0.15, 0.2) is 0 Å². The van der Waals surface area contributed by atoms with E-state index in [1.165, 1.54) is 0 Å². The smallest absolute Gasteiger partial charge is 0.253 e. The molecule has 0 radical (unpaired) electrons. The number of nitriles is 1. The molecule has 2 aromatic rings. The number of piperidine rings is 1. The van der Waals surface area contributed by atoms with Crippen LogP contribution in [0.2, 0.25) is 0 Å². The van der Waals surface area contributed by atoms with Crippen LogP contribution in [0, 0.1) is 11.3 Å². The molecule has 1 saturated heterocycles. The molecule has 1 aliphatic heterocycles. The minimum absolute atomic E-state index is 0.0829. The Balaban J connectivity index is 1.51. The second-order valence-electron chi connectivity index (χ2n) is 7.88. The molecule has 6 heteroatoms. The number of para-hydroxylation sites is 1. The van der Waals surface area contributed by atoms with Crippen molar-refractivity contribution in [2.75, 3.05) is 31.5 Å². The maximum absolute atomic E-state index is 12.7. The average molecular weight is 419 g/mol. The lowest BCUT2D eigenvalue weighted by atomic mass is 10.0. The molecule has 6 nitrogen and oxygen atoms in total. The number of amides is 2. The zero-order chi connectivity index (χ0) is 22.1. The first kappa shape index (κ1) is 22.5. The number of likely N-dealkylation sites (tertiary alicyclic amines) is 1. The molecule has 3 rings (SSSR count). The average Bonchev–Trinajstić information content (AvgIpc) is 2.82. The number of anilines is 1. The van der Waals surface area contributed by atoms with E-state index >= 15 is 0 Å². The van der Waals surface area contributed by atoms with Crippen LogP contribution in [0.4, 0.5) is 5.69 Å². The molecule has 0 saturated carbocycles. The van der Waals surface area contributed by atoms with Gasteiger partial charge in [-0.25, -0.2) is 0 Å². The maximum atomic E-state index is 12.7. The van der Waals surface area contributed by atoms with Gasteiger partial charge in [0.1, 0.15) is 6.07 Å². The van der Waals surface area contributed by atoms with Crippen LogP contribution < -0.4 is 5.32 Å². The first-order valence-electron chi connectivity index (χ1n) is 11.0. The highest BCUT2D eigenvalue weighted by atomic mass is 16.2. The topological polar surface area (TPSA) is 76.4 Å². The lowest BCUT2D eigenvalue weighted by molar-refractivity contribution is -0.116. The van der Waals surface area contributed by atoms with Crippen molar-refractivity contribution in [2.45, 2.75) is 38.6 Å². The molecule has 0 aromatic heterocycles. The predicted octanol–water partition coefficient (Wildman–Crippen LogP) is 3.90. The van der Waals surface area contributed by atoms with Crippen LogP contribution in [0.15, 0.2) is 54.6 Å². The van der Waals surface area contributed by atoms with E-state index in [4.69, 9.17) is 0 Å². The molecule has 162 valence electrons. The largest absolute Gasteiger partial charge is 0.339 e. The highest BCUT2D eigenvalue weighted by Gasteiger charge is 2.27. The first-order chi connectivity index (χ1) is 15.1. The number of carbonyl (C=O) groups excluding carboxylic acids is 2. The Morgan fingerprint density at radius 3 is 2.42 bits per heavy atom. The molecular weight excluding hydrogens is 388 g/mol. The zero-order valence-electron chi connectivity index (χ0n) is 18.1. The fourth-order valence-electron chi connectivity index (χ4n) is 4.11. The van der Waals surface area contributed by atoms with Crippen LogP contribution in [0.5, 0.6) is 0 Å². The molecule has 0 atom stereocenters. The van der Waals surface area contributed by atoms with Gasteiger partial charge < -0.3 is 10.2 Å². The summed E-state index contributed by atoms with van der Waals surface area (Å²) in [5.41, 5.74) is 1.77. The maximum Gasteiger partial charge on any atom is 0.253 e. The summed E-state index contributed by atoms with van der Waals surface area (Å²) in [5.74, 6) is 0.0112. The summed E-state index contributed by atoms with van der Waals surface area (Å²) in [4.78, 5) is 29.5. The van der Waals surface area contributed by atoms with Gasteiger partial charge in [0, 0.05) is 37.7 Å². The monoisotopic (exact) mass is 418 g/mol. The van der Waals surface area contributed by atoms with Crippen LogP contribution in [-0.2, 0) is 4.79 Å². The fraction of sp³-hybridized carbons (Fsp3) is 0.400. The van der Waals surface area contributed by atoms with Crippen LogP contribution >= 0.6 is 0 Å². The molecule has 0 unspecified atom stereocenters. The summed E-state index contributed by atoms with van der Waals surface area (Å²) in [7, 11) is 0. The number of benzene rings is 2. The van der Waals surface area contributed by atoms with Gasteiger partial charge in [-0.3, -0.25) is 14.5 Å². The van der Waals surface area contributed by atoms with Gasteiger partial charge in [0.2, 0.25) is 5.91 Å². The normalized spacial score (nSPS) is 14.3. The molecule has 0 aliphatic carbocycles. The van der Waals surface area contributed by atoms with Crippen molar-refractivity contribution in [3.05, 3.63) is 65.7 Å². The van der Waals surface area contributed by atoms with Gasteiger partial charge in [0.25, 0.3) is 5.91 Å². The summed E-state index contributed by atoms with van der Waals surface area (Å²) in [6.07, 6.45) is 3.22. The van der Waals surface area contributed by atoms with Crippen LogP contribution in [-0.4, -0.2) is 53.8 Å². The van der Waals surface area contributed by atoms with Gasteiger partial charge in [0.05, 0.1) is 11.3 Å². The SMILES string of the molecule is CCCN(CCC(=O)Nc1ccccc1C#N)C1CCN(C(=O)c2ccccc2)CC1. The molecule has 1 N–H and O–H groups in total. The van der Waals surface area contributed by atoms with Crippen molar-refractivity contribution in [1.82, 2.24) is 9.80 Å². The zero-order valence-corrected chi connectivity index (χ0v) is 18.1. The standard InChI is InChI=1S/C25H30N4O2/c1-2-15-28(18-14-24(30)27-23-11-7-6-10-21(23)19-26)22-12-16-29(17-13-22)25(31)20-8-4-3-5-9-20/h3-11,22H,2,12-18H2,1H3,(H,27,30). The van der Waals surface area contributed by atoms with E-state index in [2.05, 4.69) is 23.2 Å². The van der Waals surface area contributed by atoms with Crippen molar-refractivity contribution in [2.24, 2.45) is 0 Å². The minimum atomic E-state index is -0.0829. The van der Waals surface area contributed by atoms with E-state index in [1.807, 2.05) is 41.3 Å². The number of rotatable bonds is 8. The van der Waals surface area contributed by atoms with E-state index in [-0.39, 0.29) is 11.8 Å². The van der Waals surface area contributed by atoms with Gasteiger partial charge in [-0.15, -0.1) is 0 Å². The quantitative estimate of drug-likeness (QED) is 0.705. The Labute approximate surface area is 184 Å². The Kier molecular flexibility index (Phi) is 8.19. The molecule has 1 aliphatic rings. The third-order valence-corrected chi connectivity index (χ3v) is 5.75. The lowest BCUT2D eigenvalue weighted by Gasteiger charge is -2.38. The van der Waals surface area contributed by atoms with Crippen molar-refractivity contribution in [3.63, 3.8) is 0 Å². The Morgan fingerprint density at radius 2 is 1.74 bits per heavy atom. The number of hydrogen-bond acceptors (Lipinski definition) is 4. The Bertz CT molecular complexity index is 915. The van der Waals surface area contributed by atoms with Crippen molar-refractivity contribution >= 4 is 17.5 Å². The third-order valence-electron chi connectivity index (χ3n) is 5.75.